The molecule has 19 heavy (non-hydrogen) atoms. The molecule has 1 saturated heterocycles. The molecule has 0 saturated carbocycles. The number of hydrogen-bond acceptors (Lipinski definition) is 7. The molecule has 0 aromatic carbocycles. The molecule has 5 N–H and O–H groups in total. The van der Waals surface area contributed by atoms with Gasteiger partial charge in [0.2, 0.25) is 0 Å². The Kier molecular flexibility index (Phi) is 2.86. The van der Waals surface area contributed by atoms with Crippen LogP contribution in [-0.2, 0) is 4.74 Å². The summed E-state index contributed by atoms with van der Waals surface area (Å²) in [5.41, 5.74) is 7.20. The van der Waals surface area contributed by atoms with E-state index in [-0.39, 0.29) is 6.61 Å². The monoisotopic (exact) mass is 266 g/mol. The third-order valence-electron chi connectivity index (χ3n) is 3.28. The number of aliphatic hydroxyl groups excluding tert-OH is 3. The summed E-state index contributed by atoms with van der Waals surface area (Å²) in [6.07, 6.45) is -1.05. The number of hydrogen-bond donors (Lipinski definition) is 4. The molecule has 8 heteroatoms. The number of rotatable bonds is 2. The Hall–Kier alpha value is -1.74. The second-order valence-electron chi connectivity index (χ2n) is 4.45. The average Bonchev–Trinajstić information content (AvgIpc) is 2.94. The molecular formula is C11H14N4O4. The third kappa shape index (κ3) is 1.77. The highest BCUT2D eigenvalue weighted by Crippen LogP contribution is 2.31. The van der Waals surface area contributed by atoms with Crippen molar-refractivity contribution in [2.45, 2.75) is 24.5 Å². The minimum absolute atomic E-state index is 0.378. The first-order valence-electron chi connectivity index (χ1n) is 5.83. The highest BCUT2D eigenvalue weighted by Gasteiger charge is 2.43. The first kappa shape index (κ1) is 12.3. The topological polar surface area (TPSA) is 127 Å². The Morgan fingerprint density at radius 3 is 2.79 bits per heavy atom. The number of ether oxygens (including phenoxy) is 1. The summed E-state index contributed by atoms with van der Waals surface area (Å²) in [4.78, 5) is 8.26. The van der Waals surface area contributed by atoms with Crippen molar-refractivity contribution >= 4 is 16.9 Å². The standard InChI is InChI=1S/C11H14N4O4/c12-5-1-2-13-10-7(5)14-4-15(10)11-9(18)8(17)6(3-16)19-11/h1-2,4,6,8-9,11,16-18H,3H2,(H2,12,13)/t6-,8+,9-,11-/m1/s1. The van der Waals surface area contributed by atoms with Gasteiger partial charge in [0, 0.05) is 6.20 Å². The smallest absolute Gasteiger partial charge is 0.165 e. The molecule has 1 fully saturated rings. The van der Waals surface area contributed by atoms with Crippen molar-refractivity contribution in [3.8, 4) is 0 Å². The van der Waals surface area contributed by atoms with Crippen LogP contribution in [0.2, 0.25) is 0 Å². The van der Waals surface area contributed by atoms with Crippen LogP contribution in [0.3, 0.4) is 0 Å². The molecule has 2 aromatic heterocycles. The van der Waals surface area contributed by atoms with Crippen molar-refractivity contribution in [2.75, 3.05) is 12.3 Å². The van der Waals surface area contributed by atoms with Gasteiger partial charge in [0.1, 0.15) is 23.8 Å². The fourth-order valence-corrected chi connectivity index (χ4v) is 2.25. The molecule has 0 unspecified atom stereocenters. The lowest BCUT2D eigenvalue weighted by molar-refractivity contribution is -0.0511. The molecule has 102 valence electrons. The molecular weight excluding hydrogens is 252 g/mol. The minimum Gasteiger partial charge on any atom is -0.397 e. The van der Waals surface area contributed by atoms with Gasteiger partial charge < -0.3 is 25.8 Å². The molecule has 0 aliphatic carbocycles. The van der Waals surface area contributed by atoms with E-state index in [1.807, 2.05) is 0 Å². The summed E-state index contributed by atoms with van der Waals surface area (Å²) in [5, 5.41) is 28.8. The lowest BCUT2D eigenvalue weighted by Gasteiger charge is -2.16. The number of aromatic nitrogens is 3. The van der Waals surface area contributed by atoms with Gasteiger partial charge in [-0.05, 0) is 6.07 Å². The molecule has 2 aromatic rings. The van der Waals surface area contributed by atoms with Gasteiger partial charge in [0.25, 0.3) is 0 Å². The lowest BCUT2D eigenvalue weighted by Crippen LogP contribution is -2.33. The Labute approximate surface area is 108 Å². The van der Waals surface area contributed by atoms with Crippen LogP contribution in [0.15, 0.2) is 18.6 Å². The van der Waals surface area contributed by atoms with E-state index >= 15 is 0 Å². The van der Waals surface area contributed by atoms with E-state index in [0.717, 1.165) is 0 Å². The molecule has 0 amide bonds. The van der Waals surface area contributed by atoms with Crippen LogP contribution in [0.4, 0.5) is 5.69 Å². The lowest BCUT2D eigenvalue weighted by atomic mass is 10.1. The van der Waals surface area contributed by atoms with Crippen molar-refractivity contribution in [3.63, 3.8) is 0 Å². The zero-order valence-corrected chi connectivity index (χ0v) is 9.92. The maximum absolute atomic E-state index is 9.97. The molecule has 3 rings (SSSR count). The summed E-state index contributed by atoms with van der Waals surface area (Å²) in [6, 6.07) is 1.62. The van der Waals surface area contributed by atoms with Crippen LogP contribution in [0, 0.1) is 0 Å². The fraction of sp³-hybridized carbons (Fsp3) is 0.455. The first-order chi connectivity index (χ1) is 9.13. The van der Waals surface area contributed by atoms with Gasteiger partial charge in [0.15, 0.2) is 11.9 Å². The van der Waals surface area contributed by atoms with Crippen molar-refractivity contribution < 1.29 is 20.1 Å². The van der Waals surface area contributed by atoms with Crippen LogP contribution >= 0.6 is 0 Å². The SMILES string of the molecule is Nc1ccnc2c1ncn2[C@@H]1O[C@H](CO)[C@H](O)[C@H]1O. The number of nitrogens with two attached hydrogens (primary N) is 1. The van der Waals surface area contributed by atoms with Gasteiger partial charge in [-0.25, -0.2) is 9.97 Å². The van der Waals surface area contributed by atoms with E-state index in [9.17, 15) is 10.2 Å². The predicted octanol–water partition coefficient (Wildman–Crippen LogP) is -1.38. The maximum Gasteiger partial charge on any atom is 0.165 e. The van der Waals surface area contributed by atoms with Gasteiger partial charge in [-0.1, -0.05) is 0 Å². The number of pyridine rings is 1. The minimum atomic E-state index is -1.17. The molecule has 1 aliphatic rings. The summed E-state index contributed by atoms with van der Waals surface area (Å²) in [6.45, 7) is -0.378. The molecule has 0 spiro atoms. The quantitative estimate of drug-likeness (QED) is 0.528. The van der Waals surface area contributed by atoms with E-state index in [0.29, 0.717) is 16.9 Å². The van der Waals surface area contributed by atoms with Crippen molar-refractivity contribution in [1.29, 1.82) is 0 Å². The van der Waals surface area contributed by atoms with Crippen LogP contribution in [0.25, 0.3) is 11.2 Å². The molecule has 8 nitrogen and oxygen atoms in total. The molecule has 0 radical (unpaired) electrons. The predicted molar refractivity (Wildman–Crippen MR) is 64.9 cm³/mol. The Bertz CT molecular complexity index is 601. The van der Waals surface area contributed by atoms with Crippen molar-refractivity contribution in [1.82, 2.24) is 14.5 Å². The average molecular weight is 266 g/mol. The number of nitrogen functional groups attached to an aromatic ring is 1. The van der Waals surface area contributed by atoms with Crippen LogP contribution in [-0.4, -0.2) is 54.8 Å². The summed E-state index contributed by atoms with van der Waals surface area (Å²) in [7, 11) is 0. The van der Waals surface area contributed by atoms with Crippen LogP contribution in [0.1, 0.15) is 6.23 Å². The zero-order valence-electron chi connectivity index (χ0n) is 9.92. The first-order valence-corrected chi connectivity index (χ1v) is 5.83. The van der Waals surface area contributed by atoms with E-state index in [1.54, 1.807) is 6.07 Å². The Morgan fingerprint density at radius 1 is 1.32 bits per heavy atom. The van der Waals surface area contributed by atoms with Crippen molar-refractivity contribution in [3.05, 3.63) is 18.6 Å². The second-order valence-corrected chi connectivity index (χ2v) is 4.45. The van der Waals surface area contributed by atoms with Gasteiger partial charge >= 0.3 is 0 Å². The van der Waals surface area contributed by atoms with E-state index < -0.39 is 24.5 Å². The number of anilines is 1. The van der Waals surface area contributed by atoms with E-state index in [2.05, 4.69) is 9.97 Å². The third-order valence-corrected chi connectivity index (χ3v) is 3.28. The van der Waals surface area contributed by atoms with Gasteiger partial charge in [0.05, 0.1) is 18.6 Å². The highest BCUT2D eigenvalue weighted by atomic mass is 16.6. The number of fused-ring (bicyclic) bond motifs is 1. The van der Waals surface area contributed by atoms with Crippen molar-refractivity contribution in [2.24, 2.45) is 0 Å². The summed E-state index contributed by atoms with van der Waals surface area (Å²) >= 11 is 0. The second kappa shape index (κ2) is 4.42. The maximum atomic E-state index is 9.97. The number of imidazole rings is 1. The molecule has 1 aliphatic heterocycles. The fourth-order valence-electron chi connectivity index (χ4n) is 2.25. The van der Waals surface area contributed by atoms with E-state index in [4.69, 9.17) is 15.6 Å². The molecule has 3 heterocycles. The summed E-state index contributed by atoms with van der Waals surface area (Å²) < 4.78 is 6.91. The largest absolute Gasteiger partial charge is 0.397 e. The Morgan fingerprint density at radius 2 is 2.11 bits per heavy atom. The molecule has 0 bridgehead atoms. The zero-order chi connectivity index (χ0) is 13.6. The Balaban J connectivity index is 2.04. The van der Waals surface area contributed by atoms with Gasteiger partial charge in [-0.2, -0.15) is 0 Å². The number of aliphatic hydroxyl groups is 3. The summed E-state index contributed by atoms with van der Waals surface area (Å²) in [5.74, 6) is 0. The molecule has 4 atom stereocenters. The van der Waals surface area contributed by atoms with Crippen LogP contribution in [0.5, 0.6) is 0 Å². The highest BCUT2D eigenvalue weighted by molar-refractivity contribution is 5.83. The van der Waals surface area contributed by atoms with E-state index in [1.165, 1.54) is 17.1 Å². The van der Waals surface area contributed by atoms with Gasteiger partial charge in [-0.15, -0.1) is 0 Å². The van der Waals surface area contributed by atoms with Crippen LogP contribution < -0.4 is 5.73 Å². The van der Waals surface area contributed by atoms with Gasteiger partial charge in [-0.3, -0.25) is 4.57 Å². The normalized spacial score (nSPS) is 31.1. The number of nitrogens with zero attached hydrogens (tertiary/aromatic N) is 3.